The molecule has 106 valence electrons. The number of primary amides is 1. The summed E-state index contributed by atoms with van der Waals surface area (Å²) in [5.41, 5.74) is 5.22. The summed E-state index contributed by atoms with van der Waals surface area (Å²) < 4.78 is 0. The zero-order valence-corrected chi connectivity index (χ0v) is 10.9. The normalized spacial score (nSPS) is 26.8. The van der Waals surface area contributed by atoms with Crippen molar-refractivity contribution in [3.63, 3.8) is 0 Å². The lowest BCUT2D eigenvalue weighted by molar-refractivity contribution is -0.140. The Hall–Kier alpha value is -1.63. The number of hydrogen-bond donors (Lipinski definition) is 3. The van der Waals surface area contributed by atoms with Crippen molar-refractivity contribution in [1.82, 2.24) is 15.5 Å². The fourth-order valence-corrected chi connectivity index (χ4v) is 2.65. The van der Waals surface area contributed by atoms with Crippen LogP contribution in [0.15, 0.2) is 0 Å². The molecular weight excluding hydrogens is 248 g/mol. The molecule has 2 fully saturated rings. The Balaban J connectivity index is 2.05. The summed E-state index contributed by atoms with van der Waals surface area (Å²) in [6.45, 7) is 1.51. The van der Waals surface area contributed by atoms with E-state index in [4.69, 9.17) is 5.73 Å². The summed E-state index contributed by atoms with van der Waals surface area (Å²) >= 11 is 0. The number of carbonyl (C=O) groups is 3. The molecule has 7 heteroatoms. The predicted octanol–water partition coefficient (Wildman–Crippen LogP) is -1.67. The molecule has 0 aromatic heterocycles. The van der Waals surface area contributed by atoms with Crippen LogP contribution in [0.2, 0.25) is 0 Å². The fraction of sp³-hybridized carbons (Fsp3) is 0.750. The van der Waals surface area contributed by atoms with E-state index in [2.05, 4.69) is 10.6 Å². The number of piperidine rings is 1. The zero-order chi connectivity index (χ0) is 13.8. The molecule has 2 saturated heterocycles. The number of hydrogen-bond acceptors (Lipinski definition) is 4. The van der Waals surface area contributed by atoms with Crippen LogP contribution in [0.1, 0.15) is 25.7 Å². The topological polar surface area (TPSA) is 105 Å². The van der Waals surface area contributed by atoms with Gasteiger partial charge in [0.1, 0.15) is 6.04 Å². The fourth-order valence-electron chi connectivity index (χ4n) is 2.65. The molecular formula is C12H20N4O3. The Morgan fingerprint density at radius 3 is 2.68 bits per heavy atom. The van der Waals surface area contributed by atoms with Crippen molar-refractivity contribution in [2.75, 3.05) is 19.6 Å². The summed E-state index contributed by atoms with van der Waals surface area (Å²) in [6.07, 6.45) is 2.67. The molecule has 3 amide bonds. The van der Waals surface area contributed by atoms with Crippen LogP contribution in [-0.2, 0) is 14.4 Å². The Bertz CT molecular complexity index is 379. The third-order valence-electron chi connectivity index (χ3n) is 3.61. The standard InChI is InChI=1S/C12H20N4O3/c13-10(17)7-16(8-2-1-5-14-6-8)12(19)9-3-4-11(18)15-9/h8-9,14H,1-7H2,(H2,13,17)(H,15,18). The van der Waals surface area contributed by atoms with Crippen LogP contribution in [0.25, 0.3) is 0 Å². The van der Waals surface area contributed by atoms with Crippen molar-refractivity contribution in [1.29, 1.82) is 0 Å². The van der Waals surface area contributed by atoms with E-state index >= 15 is 0 Å². The molecule has 0 aromatic rings. The first-order chi connectivity index (χ1) is 9.08. The zero-order valence-electron chi connectivity index (χ0n) is 10.9. The maximum absolute atomic E-state index is 12.4. The Morgan fingerprint density at radius 2 is 2.16 bits per heavy atom. The lowest BCUT2D eigenvalue weighted by Gasteiger charge is -2.35. The minimum atomic E-state index is -0.525. The van der Waals surface area contributed by atoms with E-state index in [0.717, 1.165) is 19.4 Å². The minimum absolute atomic E-state index is 0.0220. The third kappa shape index (κ3) is 3.44. The van der Waals surface area contributed by atoms with Gasteiger partial charge >= 0.3 is 0 Å². The van der Waals surface area contributed by atoms with Crippen LogP contribution in [0.5, 0.6) is 0 Å². The van der Waals surface area contributed by atoms with Gasteiger partial charge in [-0.2, -0.15) is 0 Å². The molecule has 0 spiro atoms. The number of amides is 3. The van der Waals surface area contributed by atoms with Crippen molar-refractivity contribution >= 4 is 17.7 Å². The van der Waals surface area contributed by atoms with E-state index < -0.39 is 11.9 Å². The van der Waals surface area contributed by atoms with Crippen LogP contribution < -0.4 is 16.4 Å². The second kappa shape index (κ2) is 6.01. The van der Waals surface area contributed by atoms with Crippen molar-refractivity contribution in [3.05, 3.63) is 0 Å². The Morgan fingerprint density at radius 1 is 1.37 bits per heavy atom. The van der Waals surface area contributed by atoms with Crippen molar-refractivity contribution in [2.45, 2.75) is 37.8 Å². The predicted molar refractivity (Wildman–Crippen MR) is 68.0 cm³/mol. The number of carbonyl (C=O) groups excluding carboxylic acids is 3. The quantitative estimate of drug-likeness (QED) is 0.567. The first-order valence-corrected chi connectivity index (χ1v) is 6.67. The number of rotatable bonds is 4. The highest BCUT2D eigenvalue weighted by Gasteiger charge is 2.34. The molecule has 4 N–H and O–H groups in total. The van der Waals surface area contributed by atoms with E-state index in [-0.39, 0.29) is 24.4 Å². The van der Waals surface area contributed by atoms with Gasteiger partial charge in [0.2, 0.25) is 17.7 Å². The highest BCUT2D eigenvalue weighted by atomic mass is 16.2. The third-order valence-corrected chi connectivity index (χ3v) is 3.61. The molecule has 2 unspecified atom stereocenters. The average Bonchev–Trinajstić information content (AvgIpc) is 2.83. The highest BCUT2D eigenvalue weighted by molar-refractivity contribution is 5.92. The van der Waals surface area contributed by atoms with Crippen LogP contribution in [-0.4, -0.2) is 54.3 Å². The summed E-state index contributed by atoms with van der Waals surface area (Å²) in [4.78, 5) is 36.3. The molecule has 0 saturated carbocycles. The maximum Gasteiger partial charge on any atom is 0.245 e. The summed E-state index contributed by atoms with van der Waals surface area (Å²) in [5.74, 6) is -0.833. The van der Waals surface area contributed by atoms with Crippen molar-refractivity contribution in [2.24, 2.45) is 5.73 Å². The molecule has 2 rings (SSSR count). The van der Waals surface area contributed by atoms with Crippen LogP contribution >= 0.6 is 0 Å². The lowest BCUT2D eigenvalue weighted by atomic mass is 10.0. The van der Waals surface area contributed by atoms with Gasteiger partial charge in [-0.05, 0) is 25.8 Å². The first kappa shape index (κ1) is 13.8. The molecule has 0 bridgehead atoms. The summed E-state index contributed by atoms with van der Waals surface area (Å²) in [7, 11) is 0. The van der Waals surface area contributed by atoms with E-state index in [9.17, 15) is 14.4 Å². The van der Waals surface area contributed by atoms with Gasteiger partial charge in [-0.3, -0.25) is 14.4 Å². The van der Waals surface area contributed by atoms with Gasteiger partial charge in [-0.25, -0.2) is 0 Å². The number of nitrogens with two attached hydrogens (primary N) is 1. The largest absolute Gasteiger partial charge is 0.368 e. The molecule has 19 heavy (non-hydrogen) atoms. The SMILES string of the molecule is NC(=O)CN(C(=O)C1CCC(=O)N1)C1CCCNC1. The molecule has 0 radical (unpaired) electrons. The second-order valence-corrected chi connectivity index (χ2v) is 5.09. The van der Waals surface area contributed by atoms with Gasteiger partial charge in [0, 0.05) is 19.0 Å². The minimum Gasteiger partial charge on any atom is -0.368 e. The Labute approximate surface area is 111 Å². The molecule has 2 aliphatic rings. The van der Waals surface area contributed by atoms with E-state index in [0.29, 0.717) is 19.4 Å². The summed E-state index contributed by atoms with van der Waals surface area (Å²) in [6, 6.07) is -0.528. The summed E-state index contributed by atoms with van der Waals surface area (Å²) in [5, 5.41) is 5.85. The highest BCUT2D eigenvalue weighted by Crippen LogP contribution is 2.15. The number of nitrogens with zero attached hydrogens (tertiary/aromatic N) is 1. The van der Waals surface area contributed by atoms with Crippen molar-refractivity contribution in [3.8, 4) is 0 Å². The molecule has 2 heterocycles. The van der Waals surface area contributed by atoms with Gasteiger partial charge in [0.25, 0.3) is 0 Å². The van der Waals surface area contributed by atoms with E-state index in [1.165, 1.54) is 4.90 Å². The van der Waals surface area contributed by atoms with Crippen LogP contribution in [0.4, 0.5) is 0 Å². The molecule has 2 atom stereocenters. The number of nitrogens with one attached hydrogen (secondary N) is 2. The first-order valence-electron chi connectivity index (χ1n) is 6.67. The Kier molecular flexibility index (Phi) is 4.36. The van der Waals surface area contributed by atoms with E-state index in [1.807, 2.05) is 0 Å². The van der Waals surface area contributed by atoms with Crippen LogP contribution in [0, 0.1) is 0 Å². The van der Waals surface area contributed by atoms with Crippen LogP contribution in [0.3, 0.4) is 0 Å². The smallest absolute Gasteiger partial charge is 0.245 e. The van der Waals surface area contributed by atoms with Gasteiger partial charge in [0.15, 0.2) is 0 Å². The molecule has 0 aromatic carbocycles. The maximum atomic E-state index is 12.4. The van der Waals surface area contributed by atoms with Gasteiger partial charge in [-0.15, -0.1) is 0 Å². The molecule has 0 aliphatic carbocycles. The van der Waals surface area contributed by atoms with Gasteiger partial charge in [-0.1, -0.05) is 0 Å². The second-order valence-electron chi connectivity index (χ2n) is 5.09. The molecule has 2 aliphatic heterocycles. The van der Waals surface area contributed by atoms with Gasteiger partial charge in [0.05, 0.1) is 6.54 Å². The average molecular weight is 268 g/mol. The monoisotopic (exact) mass is 268 g/mol. The van der Waals surface area contributed by atoms with Crippen molar-refractivity contribution < 1.29 is 14.4 Å². The lowest BCUT2D eigenvalue weighted by Crippen LogP contribution is -2.55. The van der Waals surface area contributed by atoms with Gasteiger partial charge < -0.3 is 21.3 Å². The molecule has 7 nitrogen and oxygen atoms in total. The van der Waals surface area contributed by atoms with E-state index in [1.54, 1.807) is 0 Å².